The number of hydrogen-bond acceptors (Lipinski definition) is 4. The molecule has 23 heavy (non-hydrogen) atoms. The van der Waals surface area contributed by atoms with E-state index in [9.17, 15) is 4.79 Å². The summed E-state index contributed by atoms with van der Waals surface area (Å²) in [6.07, 6.45) is 2.00. The number of rotatable bonds is 4. The molecule has 2 heterocycles. The zero-order valence-electron chi connectivity index (χ0n) is 13.5. The van der Waals surface area contributed by atoms with Gasteiger partial charge in [0, 0.05) is 13.1 Å². The Morgan fingerprint density at radius 2 is 1.78 bits per heavy atom. The summed E-state index contributed by atoms with van der Waals surface area (Å²) in [7, 11) is 3.16. The molecule has 1 aromatic heterocycles. The van der Waals surface area contributed by atoms with Crippen molar-refractivity contribution in [1.82, 2.24) is 4.90 Å². The highest BCUT2D eigenvalue weighted by Crippen LogP contribution is 2.33. The van der Waals surface area contributed by atoms with Crippen molar-refractivity contribution >= 4 is 17.2 Å². The molecule has 0 radical (unpaired) electrons. The molecule has 0 bridgehead atoms. The summed E-state index contributed by atoms with van der Waals surface area (Å²) in [5.74, 6) is 1.68. The minimum atomic E-state index is -0.0110. The van der Waals surface area contributed by atoms with Gasteiger partial charge in [-0.05, 0) is 53.3 Å². The van der Waals surface area contributed by atoms with Gasteiger partial charge >= 0.3 is 0 Å². The number of carbonyl (C=O) groups excluding carboxylic acids is 1. The molecule has 1 amide bonds. The van der Waals surface area contributed by atoms with Gasteiger partial charge in [0.15, 0.2) is 0 Å². The number of ether oxygens (including phenoxy) is 2. The Balaban J connectivity index is 1.75. The molecule has 3 rings (SSSR count). The zero-order chi connectivity index (χ0) is 16.2. The first-order valence-electron chi connectivity index (χ1n) is 7.77. The van der Waals surface area contributed by atoms with Gasteiger partial charge in [0.05, 0.1) is 14.2 Å². The number of methoxy groups -OCH3 is 2. The molecule has 5 heteroatoms. The third-order valence-corrected chi connectivity index (χ3v) is 5.14. The van der Waals surface area contributed by atoms with E-state index in [1.807, 2.05) is 11.0 Å². The molecule has 1 aromatic carbocycles. The number of piperidine rings is 1. The summed E-state index contributed by atoms with van der Waals surface area (Å²) in [6.45, 7) is 1.53. The van der Waals surface area contributed by atoms with Crippen LogP contribution in [0.15, 0.2) is 35.0 Å². The Hall–Kier alpha value is -2.01. The van der Waals surface area contributed by atoms with Gasteiger partial charge in [-0.25, -0.2) is 0 Å². The molecule has 0 N–H and O–H groups in total. The fourth-order valence-electron chi connectivity index (χ4n) is 3.14. The van der Waals surface area contributed by atoms with Crippen LogP contribution in [0.4, 0.5) is 0 Å². The molecular formula is C18H21NO3S. The maximum absolute atomic E-state index is 12.9. The number of nitrogens with zero attached hydrogens (tertiary/aromatic N) is 1. The average molecular weight is 331 g/mol. The Morgan fingerprint density at radius 3 is 2.30 bits per heavy atom. The minimum absolute atomic E-state index is 0.0110. The van der Waals surface area contributed by atoms with Gasteiger partial charge in [0.25, 0.3) is 5.91 Å². The third kappa shape index (κ3) is 3.20. The number of likely N-dealkylation sites (tertiary alicyclic amines) is 1. The topological polar surface area (TPSA) is 38.8 Å². The van der Waals surface area contributed by atoms with Crippen LogP contribution in [0.3, 0.4) is 0 Å². The van der Waals surface area contributed by atoms with E-state index in [4.69, 9.17) is 9.47 Å². The predicted molar refractivity (Wildman–Crippen MR) is 91.7 cm³/mol. The molecule has 1 aliphatic heterocycles. The summed E-state index contributed by atoms with van der Waals surface area (Å²) in [4.78, 5) is 14.8. The standard InChI is InChI=1S/C18H21NO3S/c1-21-15-4-3-5-16(22-2)17(15)18(20)19-9-6-13(7-10-19)14-8-11-23-12-14/h3-5,8,11-13H,6-7,9-10H2,1-2H3. The van der Waals surface area contributed by atoms with Crippen molar-refractivity contribution < 1.29 is 14.3 Å². The quantitative estimate of drug-likeness (QED) is 0.856. The molecule has 0 spiro atoms. The van der Waals surface area contributed by atoms with Crippen molar-refractivity contribution in [2.45, 2.75) is 18.8 Å². The van der Waals surface area contributed by atoms with Gasteiger partial charge in [-0.2, -0.15) is 11.3 Å². The van der Waals surface area contributed by atoms with Crippen LogP contribution in [0, 0.1) is 0 Å². The number of thiophene rings is 1. The Morgan fingerprint density at radius 1 is 1.13 bits per heavy atom. The van der Waals surface area contributed by atoms with Crippen LogP contribution < -0.4 is 9.47 Å². The van der Waals surface area contributed by atoms with Gasteiger partial charge in [0.2, 0.25) is 0 Å². The van der Waals surface area contributed by atoms with Crippen molar-refractivity contribution in [2.24, 2.45) is 0 Å². The summed E-state index contributed by atoms with van der Waals surface area (Å²) >= 11 is 1.73. The second kappa shape index (κ2) is 7.04. The van der Waals surface area contributed by atoms with E-state index in [-0.39, 0.29) is 5.91 Å². The van der Waals surface area contributed by atoms with Crippen LogP contribution >= 0.6 is 11.3 Å². The van der Waals surface area contributed by atoms with Crippen LogP contribution in [-0.2, 0) is 0 Å². The molecular weight excluding hydrogens is 310 g/mol. The highest BCUT2D eigenvalue weighted by molar-refractivity contribution is 7.07. The second-order valence-corrected chi connectivity index (χ2v) is 6.44. The lowest BCUT2D eigenvalue weighted by Crippen LogP contribution is -2.38. The lowest BCUT2D eigenvalue weighted by molar-refractivity contribution is 0.0706. The molecule has 1 fully saturated rings. The Kier molecular flexibility index (Phi) is 4.86. The van der Waals surface area contributed by atoms with E-state index in [1.165, 1.54) is 5.56 Å². The summed E-state index contributed by atoms with van der Waals surface area (Å²) in [6, 6.07) is 7.62. The normalized spacial score (nSPS) is 15.5. The first kappa shape index (κ1) is 15.9. The molecule has 1 aliphatic rings. The van der Waals surface area contributed by atoms with Crippen molar-refractivity contribution in [3.63, 3.8) is 0 Å². The molecule has 2 aromatic rings. The second-order valence-electron chi connectivity index (χ2n) is 5.66. The van der Waals surface area contributed by atoms with Gasteiger partial charge in [-0.3, -0.25) is 4.79 Å². The SMILES string of the molecule is COc1cccc(OC)c1C(=O)N1CCC(c2ccsc2)CC1. The monoisotopic (exact) mass is 331 g/mol. The number of amides is 1. The van der Waals surface area contributed by atoms with E-state index in [0.717, 1.165) is 25.9 Å². The van der Waals surface area contributed by atoms with E-state index < -0.39 is 0 Å². The lowest BCUT2D eigenvalue weighted by atomic mass is 9.91. The first-order valence-corrected chi connectivity index (χ1v) is 8.71. The smallest absolute Gasteiger partial charge is 0.261 e. The molecule has 122 valence electrons. The summed E-state index contributed by atoms with van der Waals surface area (Å²) in [5, 5.41) is 4.33. The number of hydrogen-bond donors (Lipinski definition) is 0. The molecule has 0 saturated carbocycles. The maximum Gasteiger partial charge on any atom is 0.261 e. The third-order valence-electron chi connectivity index (χ3n) is 4.44. The van der Waals surface area contributed by atoms with E-state index in [0.29, 0.717) is 23.0 Å². The minimum Gasteiger partial charge on any atom is -0.496 e. The fraction of sp³-hybridized carbons (Fsp3) is 0.389. The van der Waals surface area contributed by atoms with Gasteiger partial charge in [-0.1, -0.05) is 6.07 Å². The number of benzene rings is 1. The van der Waals surface area contributed by atoms with Gasteiger partial charge < -0.3 is 14.4 Å². The van der Waals surface area contributed by atoms with Gasteiger partial charge in [0.1, 0.15) is 17.1 Å². The largest absolute Gasteiger partial charge is 0.496 e. The summed E-state index contributed by atoms with van der Waals surface area (Å²) < 4.78 is 10.7. The maximum atomic E-state index is 12.9. The number of carbonyl (C=O) groups is 1. The molecule has 0 atom stereocenters. The van der Waals surface area contributed by atoms with E-state index in [2.05, 4.69) is 16.8 Å². The first-order chi connectivity index (χ1) is 11.2. The molecule has 4 nitrogen and oxygen atoms in total. The van der Waals surface area contributed by atoms with Crippen molar-refractivity contribution in [1.29, 1.82) is 0 Å². The molecule has 0 unspecified atom stereocenters. The van der Waals surface area contributed by atoms with E-state index >= 15 is 0 Å². The van der Waals surface area contributed by atoms with Crippen LogP contribution in [0.5, 0.6) is 11.5 Å². The van der Waals surface area contributed by atoms with Crippen molar-refractivity contribution in [2.75, 3.05) is 27.3 Å². The lowest BCUT2D eigenvalue weighted by Gasteiger charge is -2.32. The fourth-order valence-corrected chi connectivity index (χ4v) is 3.89. The van der Waals surface area contributed by atoms with Crippen LogP contribution in [-0.4, -0.2) is 38.1 Å². The Bertz CT molecular complexity index is 639. The van der Waals surface area contributed by atoms with Crippen molar-refractivity contribution in [3.8, 4) is 11.5 Å². The van der Waals surface area contributed by atoms with Crippen LogP contribution in [0.25, 0.3) is 0 Å². The zero-order valence-corrected chi connectivity index (χ0v) is 14.3. The molecule has 0 aliphatic carbocycles. The molecule has 1 saturated heterocycles. The Labute approximate surface area is 140 Å². The van der Waals surface area contributed by atoms with Crippen LogP contribution in [0.1, 0.15) is 34.7 Å². The average Bonchev–Trinajstić information content (AvgIpc) is 3.15. The summed E-state index contributed by atoms with van der Waals surface area (Å²) in [5.41, 5.74) is 1.92. The highest BCUT2D eigenvalue weighted by atomic mass is 32.1. The predicted octanol–water partition coefficient (Wildman–Crippen LogP) is 3.79. The van der Waals surface area contributed by atoms with Crippen LogP contribution in [0.2, 0.25) is 0 Å². The van der Waals surface area contributed by atoms with Crippen molar-refractivity contribution in [3.05, 3.63) is 46.2 Å². The highest BCUT2D eigenvalue weighted by Gasteiger charge is 2.28. The van der Waals surface area contributed by atoms with E-state index in [1.54, 1.807) is 37.7 Å². The van der Waals surface area contributed by atoms with Gasteiger partial charge in [-0.15, -0.1) is 0 Å².